The molecule has 4 heteroatoms. The lowest BCUT2D eigenvalue weighted by Crippen LogP contribution is -3.13. The summed E-state index contributed by atoms with van der Waals surface area (Å²) in [5.41, 5.74) is 3.46. The van der Waals surface area contributed by atoms with Gasteiger partial charge in [0.05, 0.1) is 26.2 Å². The highest BCUT2D eigenvalue weighted by atomic mass is 16.1. The standard InChI is InChI=1S/C25H31N3O/c29-25(26-24-17-20-8-11-22(24)16-20)21-9-6-19(7-10-21)18-27-12-14-28(15-13-27)23-4-2-1-3-5-23/h1-7,9-10,20,22,24H,8,11-18H2,(H,26,29)/p+1/t20-,22+,24-/m0/s1. The number of rotatable bonds is 5. The first-order chi connectivity index (χ1) is 14.2. The Hall–Kier alpha value is -2.33. The van der Waals surface area contributed by atoms with Gasteiger partial charge in [-0.25, -0.2) is 0 Å². The van der Waals surface area contributed by atoms with Crippen molar-refractivity contribution in [3.05, 3.63) is 65.7 Å². The number of benzene rings is 2. The van der Waals surface area contributed by atoms with Crippen molar-refractivity contribution in [2.24, 2.45) is 11.8 Å². The number of piperazine rings is 1. The van der Waals surface area contributed by atoms with E-state index in [1.807, 2.05) is 12.1 Å². The number of hydrogen-bond acceptors (Lipinski definition) is 2. The van der Waals surface area contributed by atoms with Crippen molar-refractivity contribution in [1.82, 2.24) is 5.32 Å². The number of carbonyl (C=O) groups is 1. The summed E-state index contributed by atoms with van der Waals surface area (Å²) in [7, 11) is 0. The lowest BCUT2D eigenvalue weighted by atomic mass is 9.95. The van der Waals surface area contributed by atoms with Crippen LogP contribution >= 0.6 is 0 Å². The average molecular weight is 391 g/mol. The summed E-state index contributed by atoms with van der Waals surface area (Å²) < 4.78 is 0. The van der Waals surface area contributed by atoms with E-state index in [0.717, 1.165) is 50.1 Å². The second-order valence-corrected chi connectivity index (χ2v) is 9.20. The first-order valence-electron chi connectivity index (χ1n) is 11.3. The molecule has 2 saturated carbocycles. The molecular formula is C25H32N3O+. The predicted molar refractivity (Wildman–Crippen MR) is 116 cm³/mol. The number of carbonyl (C=O) groups excluding carboxylic acids is 1. The molecule has 3 fully saturated rings. The second kappa shape index (κ2) is 8.19. The van der Waals surface area contributed by atoms with Crippen LogP contribution in [-0.2, 0) is 6.54 Å². The van der Waals surface area contributed by atoms with Crippen molar-refractivity contribution in [2.45, 2.75) is 38.3 Å². The van der Waals surface area contributed by atoms with Crippen LogP contribution in [0.25, 0.3) is 0 Å². The summed E-state index contributed by atoms with van der Waals surface area (Å²) >= 11 is 0. The van der Waals surface area contributed by atoms with Crippen molar-refractivity contribution >= 4 is 11.6 Å². The lowest BCUT2D eigenvalue weighted by molar-refractivity contribution is -0.914. The summed E-state index contributed by atoms with van der Waals surface area (Å²) in [6.45, 7) is 5.55. The molecule has 0 aromatic heterocycles. The summed E-state index contributed by atoms with van der Waals surface area (Å²) in [4.78, 5) is 16.7. The van der Waals surface area contributed by atoms with E-state index in [1.165, 1.54) is 36.9 Å². The minimum atomic E-state index is 0.109. The third-order valence-corrected chi connectivity index (χ3v) is 7.32. The smallest absolute Gasteiger partial charge is 0.251 e. The van der Waals surface area contributed by atoms with Gasteiger partial charge in [0, 0.05) is 22.9 Å². The highest BCUT2D eigenvalue weighted by molar-refractivity contribution is 5.94. The van der Waals surface area contributed by atoms with E-state index in [1.54, 1.807) is 4.90 Å². The summed E-state index contributed by atoms with van der Waals surface area (Å²) in [5.74, 6) is 1.69. The molecule has 2 aromatic rings. The van der Waals surface area contributed by atoms with Crippen molar-refractivity contribution in [2.75, 3.05) is 31.1 Å². The van der Waals surface area contributed by atoms with Crippen LogP contribution in [0.1, 0.15) is 41.6 Å². The van der Waals surface area contributed by atoms with Gasteiger partial charge in [-0.3, -0.25) is 4.79 Å². The van der Waals surface area contributed by atoms with Gasteiger partial charge in [-0.2, -0.15) is 0 Å². The minimum Gasteiger partial charge on any atom is -0.360 e. The van der Waals surface area contributed by atoms with E-state index < -0.39 is 0 Å². The highest BCUT2D eigenvalue weighted by Gasteiger charge is 2.40. The van der Waals surface area contributed by atoms with Crippen LogP contribution in [0.15, 0.2) is 54.6 Å². The van der Waals surface area contributed by atoms with Gasteiger partial charge in [-0.05, 0) is 55.4 Å². The van der Waals surface area contributed by atoms with E-state index in [4.69, 9.17) is 0 Å². The lowest BCUT2D eigenvalue weighted by Gasteiger charge is -2.33. The van der Waals surface area contributed by atoms with Crippen LogP contribution in [0.2, 0.25) is 0 Å². The molecule has 1 heterocycles. The average Bonchev–Trinajstić information content (AvgIpc) is 3.39. The van der Waals surface area contributed by atoms with E-state index >= 15 is 0 Å². The third-order valence-electron chi connectivity index (χ3n) is 7.32. The Labute approximate surface area is 173 Å². The molecule has 3 aliphatic rings. The molecule has 0 radical (unpaired) electrons. The minimum absolute atomic E-state index is 0.109. The fraction of sp³-hybridized carbons (Fsp3) is 0.480. The summed E-state index contributed by atoms with van der Waals surface area (Å²) in [6.07, 6.45) is 5.18. The first kappa shape index (κ1) is 18.7. The molecular weight excluding hydrogens is 358 g/mol. The molecule has 2 N–H and O–H groups in total. The molecule has 2 aromatic carbocycles. The van der Waals surface area contributed by atoms with Crippen molar-refractivity contribution in [3.8, 4) is 0 Å². The summed E-state index contributed by atoms with van der Waals surface area (Å²) in [6, 6.07) is 19.4. The van der Waals surface area contributed by atoms with Gasteiger partial charge >= 0.3 is 0 Å². The van der Waals surface area contributed by atoms with Crippen LogP contribution in [-0.4, -0.2) is 38.1 Å². The maximum Gasteiger partial charge on any atom is 0.251 e. The molecule has 2 bridgehead atoms. The van der Waals surface area contributed by atoms with E-state index in [2.05, 4.69) is 52.7 Å². The molecule has 2 aliphatic carbocycles. The van der Waals surface area contributed by atoms with Gasteiger partial charge < -0.3 is 15.1 Å². The normalized spacial score (nSPS) is 26.6. The Morgan fingerprint density at radius 1 is 0.966 bits per heavy atom. The number of anilines is 1. The Morgan fingerprint density at radius 2 is 1.72 bits per heavy atom. The van der Waals surface area contributed by atoms with Gasteiger partial charge in [0.2, 0.25) is 0 Å². The molecule has 3 atom stereocenters. The van der Waals surface area contributed by atoms with E-state index in [9.17, 15) is 4.79 Å². The SMILES string of the molecule is O=C(N[C@H]1C[C@H]2CC[C@@H]1C2)c1ccc(C[NH+]2CCN(c3ccccc3)CC2)cc1. The molecule has 1 amide bonds. The largest absolute Gasteiger partial charge is 0.360 e. The van der Waals surface area contributed by atoms with Crippen molar-refractivity contribution in [1.29, 1.82) is 0 Å². The third kappa shape index (κ3) is 4.18. The van der Waals surface area contributed by atoms with Gasteiger partial charge in [-0.15, -0.1) is 0 Å². The maximum absolute atomic E-state index is 12.6. The van der Waals surface area contributed by atoms with Gasteiger partial charge in [0.25, 0.3) is 5.91 Å². The molecule has 0 unspecified atom stereocenters. The van der Waals surface area contributed by atoms with Crippen molar-refractivity contribution < 1.29 is 9.69 Å². The number of nitrogens with zero attached hydrogens (tertiary/aromatic N) is 1. The number of amides is 1. The molecule has 5 rings (SSSR count). The van der Waals surface area contributed by atoms with Crippen LogP contribution in [0.3, 0.4) is 0 Å². The molecule has 29 heavy (non-hydrogen) atoms. The number of fused-ring (bicyclic) bond motifs is 2. The number of para-hydroxylation sites is 1. The second-order valence-electron chi connectivity index (χ2n) is 9.20. The summed E-state index contributed by atoms with van der Waals surface area (Å²) in [5, 5.41) is 3.30. The fourth-order valence-corrected chi connectivity index (χ4v) is 5.63. The van der Waals surface area contributed by atoms with Gasteiger partial charge in [0.15, 0.2) is 0 Å². The van der Waals surface area contributed by atoms with Crippen LogP contribution in [0, 0.1) is 11.8 Å². The molecule has 1 saturated heterocycles. The number of quaternary nitrogens is 1. The Balaban J connectivity index is 1.12. The molecule has 152 valence electrons. The first-order valence-corrected chi connectivity index (χ1v) is 11.3. The van der Waals surface area contributed by atoms with E-state index in [0.29, 0.717) is 6.04 Å². The van der Waals surface area contributed by atoms with Gasteiger partial charge in [-0.1, -0.05) is 36.8 Å². The van der Waals surface area contributed by atoms with Crippen molar-refractivity contribution in [3.63, 3.8) is 0 Å². The Morgan fingerprint density at radius 3 is 2.38 bits per heavy atom. The Bertz CT molecular complexity index is 827. The number of hydrogen-bond donors (Lipinski definition) is 2. The monoisotopic (exact) mass is 390 g/mol. The fourth-order valence-electron chi connectivity index (χ4n) is 5.63. The van der Waals surface area contributed by atoms with Gasteiger partial charge in [0.1, 0.15) is 6.54 Å². The molecule has 0 spiro atoms. The molecule has 1 aliphatic heterocycles. The van der Waals surface area contributed by atoms with Crippen LogP contribution in [0.4, 0.5) is 5.69 Å². The Kier molecular flexibility index (Phi) is 5.28. The highest BCUT2D eigenvalue weighted by Crippen LogP contribution is 2.44. The quantitative estimate of drug-likeness (QED) is 0.823. The topological polar surface area (TPSA) is 36.8 Å². The maximum atomic E-state index is 12.6. The number of nitrogens with one attached hydrogen (secondary N) is 2. The zero-order valence-electron chi connectivity index (χ0n) is 17.1. The van der Waals surface area contributed by atoms with E-state index in [-0.39, 0.29) is 5.91 Å². The zero-order valence-corrected chi connectivity index (χ0v) is 17.1. The van der Waals surface area contributed by atoms with Crippen LogP contribution in [0.5, 0.6) is 0 Å². The molecule has 4 nitrogen and oxygen atoms in total. The van der Waals surface area contributed by atoms with Crippen LogP contribution < -0.4 is 15.1 Å². The predicted octanol–water partition coefficient (Wildman–Crippen LogP) is 2.51. The zero-order chi connectivity index (χ0) is 19.6.